The van der Waals surface area contributed by atoms with Crippen LogP contribution in [0.1, 0.15) is 31.5 Å². The molecule has 0 bridgehead atoms. The van der Waals surface area contributed by atoms with Crippen LogP contribution in [0.2, 0.25) is 5.02 Å². The van der Waals surface area contributed by atoms with E-state index in [4.69, 9.17) is 11.6 Å². The molecular weight excluding hydrogens is 326 g/mol. The number of halogens is 1. The Morgan fingerprint density at radius 3 is 2.62 bits per heavy atom. The minimum Gasteiger partial charge on any atom is -0.394 e. The molecule has 2 atom stereocenters. The molecule has 0 radical (unpaired) electrons. The third-order valence-corrected chi connectivity index (χ3v) is 4.65. The molecule has 0 saturated carbocycles. The zero-order valence-electron chi connectivity index (χ0n) is 14.3. The lowest BCUT2D eigenvalue weighted by Crippen LogP contribution is -2.42. The molecule has 0 saturated heterocycles. The fourth-order valence-electron chi connectivity index (χ4n) is 2.59. The van der Waals surface area contributed by atoms with Gasteiger partial charge in [-0.2, -0.15) is 5.10 Å². The molecule has 0 fully saturated rings. The molecule has 130 valence electrons. The lowest BCUT2D eigenvalue weighted by atomic mass is 9.99. The molecule has 24 heavy (non-hydrogen) atoms. The third kappa shape index (κ3) is 4.36. The quantitative estimate of drug-likeness (QED) is 0.718. The first-order valence-electron chi connectivity index (χ1n) is 8.16. The summed E-state index contributed by atoms with van der Waals surface area (Å²) in [6.45, 7) is 5.89. The number of rotatable bonds is 7. The number of aryl methyl sites for hydroxylation is 1. The van der Waals surface area contributed by atoms with E-state index < -0.39 is 0 Å². The fraction of sp³-hybridized carbons (Fsp3) is 0.444. The van der Waals surface area contributed by atoms with Crippen LogP contribution in [0.25, 0.3) is 11.3 Å². The molecule has 2 aromatic rings. The molecule has 5 nitrogen and oxygen atoms in total. The average Bonchev–Trinajstić information content (AvgIpc) is 2.93. The molecule has 0 spiro atoms. The maximum absolute atomic E-state index is 12.4. The predicted molar refractivity (Wildman–Crippen MR) is 95.9 cm³/mol. The van der Waals surface area contributed by atoms with Crippen LogP contribution in [-0.2, 0) is 11.2 Å². The number of H-pyrrole nitrogens is 1. The molecule has 0 aliphatic heterocycles. The Balaban J connectivity index is 2.16. The summed E-state index contributed by atoms with van der Waals surface area (Å²) in [4.78, 5) is 12.4. The van der Waals surface area contributed by atoms with Crippen molar-refractivity contribution in [2.75, 3.05) is 6.61 Å². The van der Waals surface area contributed by atoms with Gasteiger partial charge in [0.15, 0.2) is 0 Å². The zero-order chi connectivity index (χ0) is 17.7. The first-order valence-corrected chi connectivity index (χ1v) is 8.54. The van der Waals surface area contributed by atoms with Gasteiger partial charge >= 0.3 is 0 Å². The van der Waals surface area contributed by atoms with E-state index in [0.29, 0.717) is 5.02 Å². The molecule has 0 aliphatic rings. The van der Waals surface area contributed by atoms with Crippen molar-refractivity contribution in [3.63, 3.8) is 0 Å². The Bertz CT molecular complexity index is 682. The lowest BCUT2D eigenvalue weighted by molar-refractivity contribution is -0.121. The molecule has 3 N–H and O–H groups in total. The van der Waals surface area contributed by atoms with Gasteiger partial charge in [-0.25, -0.2) is 0 Å². The maximum atomic E-state index is 12.4. The second kappa shape index (κ2) is 8.31. The van der Waals surface area contributed by atoms with Gasteiger partial charge in [-0.1, -0.05) is 44.0 Å². The van der Waals surface area contributed by atoms with Gasteiger partial charge in [0.1, 0.15) is 0 Å². The van der Waals surface area contributed by atoms with E-state index in [9.17, 15) is 9.90 Å². The number of carbonyl (C=O) groups excluding carboxylic acids is 1. The summed E-state index contributed by atoms with van der Waals surface area (Å²) in [7, 11) is 0. The molecule has 1 aromatic heterocycles. The fourth-order valence-corrected chi connectivity index (χ4v) is 2.71. The molecular formula is C18H24ClN3O2. The minimum atomic E-state index is -0.228. The summed E-state index contributed by atoms with van der Waals surface area (Å²) >= 11 is 5.93. The van der Waals surface area contributed by atoms with Crippen LogP contribution >= 0.6 is 11.6 Å². The van der Waals surface area contributed by atoms with E-state index >= 15 is 0 Å². The van der Waals surface area contributed by atoms with E-state index in [1.165, 1.54) is 0 Å². The van der Waals surface area contributed by atoms with Gasteiger partial charge in [0.05, 0.1) is 24.8 Å². The standard InChI is InChI=1S/C18H24ClN3O2/c1-4-11(2)16(10-23)20-17(24)9-15-12(3)21-22-18(15)13-5-7-14(19)8-6-13/h5-8,11,16,23H,4,9-10H2,1-3H3,(H,20,24)(H,21,22)/t11-,16+/m0/s1. The van der Waals surface area contributed by atoms with Crippen LogP contribution in [0.3, 0.4) is 0 Å². The summed E-state index contributed by atoms with van der Waals surface area (Å²) in [5, 5.41) is 20.3. The minimum absolute atomic E-state index is 0.0604. The molecule has 1 amide bonds. The summed E-state index contributed by atoms with van der Waals surface area (Å²) in [5.74, 6) is 0.106. The highest BCUT2D eigenvalue weighted by Crippen LogP contribution is 2.25. The molecule has 0 aliphatic carbocycles. The van der Waals surface area contributed by atoms with Crippen molar-refractivity contribution in [3.8, 4) is 11.3 Å². The van der Waals surface area contributed by atoms with Gasteiger partial charge < -0.3 is 10.4 Å². The molecule has 6 heteroatoms. The van der Waals surface area contributed by atoms with Gasteiger partial charge in [-0.3, -0.25) is 9.89 Å². The van der Waals surface area contributed by atoms with Crippen molar-refractivity contribution < 1.29 is 9.90 Å². The number of amides is 1. The van der Waals surface area contributed by atoms with Gasteiger partial charge in [0.25, 0.3) is 0 Å². The number of nitrogens with zero attached hydrogens (tertiary/aromatic N) is 1. The normalized spacial score (nSPS) is 13.5. The highest BCUT2D eigenvalue weighted by molar-refractivity contribution is 6.30. The van der Waals surface area contributed by atoms with E-state index in [0.717, 1.165) is 28.9 Å². The van der Waals surface area contributed by atoms with Crippen LogP contribution in [0.4, 0.5) is 0 Å². The second-order valence-corrected chi connectivity index (χ2v) is 6.54. The van der Waals surface area contributed by atoms with E-state index in [-0.39, 0.29) is 30.9 Å². The topological polar surface area (TPSA) is 78.0 Å². The number of hydrogen-bond donors (Lipinski definition) is 3. The molecule has 1 aromatic carbocycles. The second-order valence-electron chi connectivity index (χ2n) is 6.10. The SMILES string of the molecule is CC[C@H](C)[C@@H](CO)NC(=O)Cc1c(-c2ccc(Cl)cc2)n[nH]c1C. The largest absolute Gasteiger partial charge is 0.394 e. The number of hydrogen-bond acceptors (Lipinski definition) is 3. The van der Waals surface area contributed by atoms with Gasteiger partial charge in [0.2, 0.25) is 5.91 Å². The Hall–Kier alpha value is -1.85. The summed E-state index contributed by atoms with van der Waals surface area (Å²) in [6, 6.07) is 7.14. The Morgan fingerprint density at radius 2 is 2.04 bits per heavy atom. The number of carbonyl (C=O) groups is 1. The number of aromatic amines is 1. The number of benzene rings is 1. The summed E-state index contributed by atoms with van der Waals surface area (Å²) < 4.78 is 0. The monoisotopic (exact) mass is 349 g/mol. The highest BCUT2D eigenvalue weighted by Gasteiger charge is 2.20. The van der Waals surface area contributed by atoms with E-state index in [2.05, 4.69) is 15.5 Å². The number of aliphatic hydroxyl groups is 1. The number of nitrogens with one attached hydrogen (secondary N) is 2. The molecule has 1 heterocycles. The molecule has 0 unspecified atom stereocenters. The Labute approximate surface area is 147 Å². The first kappa shape index (κ1) is 18.5. The summed E-state index contributed by atoms with van der Waals surface area (Å²) in [5.41, 5.74) is 3.38. The smallest absolute Gasteiger partial charge is 0.224 e. The van der Waals surface area contributed by atoms with Crippen molar-refractivity contribution in [1.82, 2.24) is 15.5 Å². The van der Waals surface area contributed by atoms with E-state index in [1.807, 2.05) is 32.9 Å². The van der Waals surface area contributed by atoms with Crippen LogP contribution in [0, 0.1) is 12.8 Å². The van der Waals surface area contributed by atoms with Crippen molar-refractivity contribution in [3.05, 3.63) is 40.5 Å². The average molecular weight is 350 g/mol. The first-order chi connectivity index (χ1) is 11.5. The number of aromatic nitrogens is 2. The van der Waals surface area contributed by atoms with Gasteiger partial charge in [-0.15, -0.1) is 0 Å². The van der Waals surface area contributed by atoms with Crippen molar-refractivity contribution >= 4 is 17.5 Å². The predicted octanol–water partition coefficient (Wildman–Crippen LogP) is 3.10. The van der Waals surface area contributed by atoms with Crippen molar-refractivity contribution in [2.24, 2.45) is 5.92 Å². The van der Waals surface area contributed by atoms with Crippen LogP contribution in [0.15, 0.2) is 24.3 Å². The Kier molecular flexibility index (Phi) is 6.40. The van der Waals surface area contributed by atoms with Gasteiger partial charge in [0, 0.05) is 21.8 Å². The highest BCUT2D eigenvalue weighted by atomic mass is 35.5. The summed E-state index contributed by atoms with van der Waals surface area (Å²) in [6.07, 6.45) is 1.11. The lowest BCUT2D eigenvalue weighted by Gasteiger charge is -2.22. The Morgan fingerprint density at radius 1 is 1.38 bits per heavy atom. The van der Waals surface area contributed by atoms with E-state index in [1.54, 1.807) is 12.1 Å². The molecule has 2 rings (SSSR count). The van der Waals surface area contributed by atoms with Crippen LogP contribution in [-0.4, -0.2) is 33.9 Å². The van der Waals surface area contributed by atoms with Crippen molar-refractivity contribution in [2.45, 2.75) is 39.7 Å². The van der Waals surface area contributed by atoms with Crippen LogP contribution in [0.5, 0.6) is 0 Å². The third-order valence-electron chi connectivity index (χ3n) is 4.40. The van der Waals surface area contributed by atoms with Crippen molar-refractivity contribution in [1.29, 1.82) is 0 Å². The number of aliphatic hydroxyl groups excluding tert-OH is 1. The van der Waals surface area contributed by atoms with Gasteiger partial charge in [-0.05, 0) is 25.0 Å². The maximum Gasteiger partial charge on any atom is 0.224 e. The van der Waals surface area contributed by atoms with Crippen LogP contribution < -0.4 is 5.32 Å². The zero-order valence-corrected chi connectivity index (χ0v) is 15.0.